The molecule has 2 aromatic rings. The molecule has 0 aliphatic rings. The van der Waals surface area contributed by atoms with Gasteiger partial charge in [0.25, 0.3) is 5.69 Å². The normalized spacial score (nSPS) is 10.9. The Bertz CT molecular complexity index is 699. The van der Waals surface area contributed by atoms with Gasteiger partial charge in [-0.3, -0.25) is 15.1 Å². The Morgan fingerprint density at radius 2 is 2.00 bits per heavy atom. The molecule has 0 fully saturated rings. The standard InChI is InChI=1S/C14H11FN2O3/c1-9-2-4-12(15)13(6-9)16-8-10-7-11(17(19)20)3-5-14(10)18/h2-8,18H,1H3/p-1. The molecule has 5 nitrogen and oxygen atoms in total. The molecule has 0 N–H and O–H groups in total. The van der Waals surface area contributed by atoms with E-state index in [-0.39, 0.29) is 16.9 Å². The number of nitro groups is 1. The van der Waals surface area contributed by atoms with E-state index in [4.69, 9.17) is 0 Å². The van der Waals surface area contributed by atoms with E-state index in [1.165, 1.54) is 12.1 Å². The van der Waals surface area contributed by atoms with Crippen LogP contribution in [0.25, 0.3) is 0 Å². The molecule has 0 heterocycles. The van der Waals surface area contributed by atoms with Crippen LogP contribution < -0.4 is 5.11 Å². The van der Waals surface area contributed by atoms with Gasteiger partial charge >= 0.3 is 0 Å². The Morgan fingerprint density at radius 1 is 1.25 bits per heavy atom. The van der Waals surface area contributed by atoms with Crippen molar-refractivity contribution in [1.29, 1.82) is 0 Å². The molecule has 0 atom stereocenters. The molecule has 0 amide bonds. The van der Waals surface area contributed by atoms with Crippen LogP contribution in [0.15, 0.2) is 41.4 Å². The fraction of sp³-hybridized carbons (Fsp3) is 0.0714. The molecule has 0 unspecified atom stereocenters. The summed E-state index contributed by atoms with van der Waals surface area (Å²) in [6.45, 7) is 1.78. The van der Waals surface area contributed by atoms with Crippen LogP contribution >= 0.6 is 0 Å². The van der Waals surface area contributed by atoms with Crippen LogP contribution in [0, 0.1) is 22.9 Å². The Kier molecular flexibility index (Phi) is 3.74. The molecule has 0 saturated heterocycles. The summed E-state index contributed by atoms with van der Waals surface area (Å²) < 4.78 is 13.5. The van der Waals surface area contributed by atoms with Crippen LogP contribution in [0.5, 0.6) is 5.75 Å². The van der Waals surface area contributed by atoms with Gasteiger partial charge in [-0.15, -0.1) is 0 Å². The summed E-state index contributed by atoms with van der Waals surface area (Å²) in [7, 11) is 0. The van der Waals surface area contributed by atoms with Crippen molar-refractivity contribution in [3.8, 4) is 5.75 Å². The van der Waals surface area contributed by atoms with Crippen LogP contribution in [-0.2, 0) is 0 Å². The van der Waals surface area contributed by atoms with E-state index in [0.29, 0.717) is 0 Å². The lowest BCUT2D eigenvalue weighted by molar-refractivity contribution is -0.385. The highest BCUT2D eigenvalue weighted by molar-refractivity contribution is 5.86. The average Bonchev–Trinajstić information content (AvgIpc) is 2.41. The highest BCUT2D eigenvalue weighted by atomic mass is 19.1. The summed E-state index contributed by atoms with van der Waals surface area (Å²) in [5.41, 5.74) is 0.728. The molecule has 0 saturated carbocycles. The number of rotatable bonds is 3. The van der Waals surface area contributed by atoms with Crippen molar-refractivity contribution in [2.24, 2.45) is 4.99 Å². The van der Waals surface area contributed by atoms with E-state index < -0.39 is 16.5 Å². The number of nitrogens with zero attached hydrogens (tertiary/aromatic N) is 2. The topological polar surface area (TPSA) is 78.6 Å². The third kappa shape index (κ3) is 2.97. The molecule has 0 aromatic heterocycles. The minimum atomic E-state index is -0.607. The number of hydrogen-bond acceptors (Lipinski definition) is 4. The van der Waals surface area contributed by atoms with E-state index in [1.54, 1.807) is 13.0 Å². The number of nitro benzene ring substituents is 1. The zero-order valence-electron chi connectivity index (χ0n) is 10.5. The van der Waals surface area contributed by atoms with Gasteiger partial charge in [-0.2, -0.15) is 0 Å². The van der Waals surface area contributed by atoms with Gasteiger partial charge < -0.3 is 5.11 Å². The van der Waals surface area contributed by atoms with E-state index in [1.807, 2.05) is 0 Å². The molecule has 0 aliphatic heterocycles. The second kappa shape index (κ2) is 5.48. The van der Waals surface area contributed by atoms with Crippen molar-refractivity contribution < 1.29 is 14.4 Å². The lowest BCUT2D eigenvalue weighted by Crippen LogP contribution is -1.98. The van der Waals surface area contributed by atoms with Gasteiger partial charge in [-0.1, -0.05) is 17.9 Å². The summed E-state index contributed by atoms with van der Waals surface area (Å²) in [5.74, 6) is -0.933. The predicted octanol–water partition coefficient (Wildman–Crippen LogP) is 2.87. The summed E-state index contributed by atoms with van der Waals surface area (Å²) in [5, 5.41) is 22.2. The highest BCUT2D eigenvalue weighted by Crippen LogP contribution is 2.22. The van der Waals surface area contributed by atoms with Crippen molar-refractivity contribution in [3.05, 3.63) is 63.5 Å². The largest absolute Gasteiger partial charge is 0.872 e. The van der Waals surface area contributed by atoms with Gasteiger partial charge in [0, 0.05) is 18.3 Å². The first-order valence-corrected chi connectivity index (χ1v) is 5.73. The quantitative estimate of drug-likeness (QED) is 0.490. The maximum Gasteiger partial charge on any atom is 0.270 e. The van der Waals surface area contributed by atoms with Gasteiger partial charge in [-0.25, -0.2) is 4.39 Å². The van der Waals surface area contributed by atoms with Crippen molar-refractivity contribution in [2.75, 3.05) is 0 Å². The van der Waals surface area contributed by atoms with Gasteiger partial charge in [0.2, 0.25) is 0 Å². The zero-order valence-corrected chi connectivity index (χ0v) is 10.5. The second-order valence-electron chi connectivity index (χ2n) is 4.19. The van der Waals surface area contributed by atoms with Crippen LogP contribution in [0.3, 0.4) is 0 Å². The number of non-ortho nitro benzene ring substituents is 1. The molecule has 102 valence electrons. The third-order valence-electron chi connectivity index (χ3n) is 2.65. The zero-order chi connectivity index (χ0) is 14.7. The molecular weight excluding hydrogens is 263 g/mol. The van der Waals surface area contributed by atoms with Crippen LogP contribution in [0.1, 0.15) is 11.1 Å². The van der Waals surface area contributed by atoms with Gasteiger partial charge in [0.05, 0.1) is 10.6 Å². The predicted molar refractivity (Wildman–Crippen MR) is 70.9 cm³/mol. The molecule has 20 heavy (non-hydrogen) atoms. The summed E-state index contributed by atoms with van der Waals surface area (Å²) in [6.07, 6.45) is 1.13. The molecule has 6 heteroatoms. The Morgan fingerprint density at radius 3 is 2.70 bits per heavy atom. The number of halogens is 1. The van der Waals surface area contributed by atoms with E-state index in [9.17, 15) is 19.6 Å². The van der Waals surface area contributed by atoms with E-state index in [2.05, 4.69) is 4.99 Å². The van der Waals surface area contributed by atoms with Crippen LogP contribution in [-0.4, -0.2) is 11.1 Å². The highest BCUT2D eigenvalue weighted by Gasteiger charge is 2.06. The molecular formula is C14H10FN2O3-. The first kappa shape index (κ1) is 13.7. The minimum absolute atomic E-state index is 0.0418. The number of hydrogen-bond donors (Lipinski definition) is 0. The van der Waals surface area contributed by atoms with Crippen molar-refractivity contribution >= 4 is 17.6 Å². The molecule has 2 aromatic carbocycles. The Labute approximate surface area is 114 Å². The lowest BCUT2D eigenvalue weighted by Gasteiger charge is -2.08. The lowest BCUT2D eigenvalue weighted by atomic mass is 10.2. The smallest absolute Gasteiger partial charge is 0.270 e. The SMILES string of the molecule is Cc1ccc(F)c(N=Cc2cc([N+](=O)[O-])ccc2[O-])c1. The van der Waals surface area contributed by atoms with Gasteiger partial charge in [-0.05, 0) is 30.2 Å². The number of aliphatic imine (C=N–C) groups is 1. The van der Waals surface area contributed by atoms with Crippen LogP contribution in [0.4, 0.5) is 15.8 Å². The maximum absolute atomic E-state index is 13.5. The first-order valence-electron chi connectivity index (χ1n) is 5.73. The van der Waals surface area contributed by atoms with E-state index in [0.717, 1.165) is 30.0 Å². The molecule has 0 aliphatic carbocycles. The molecule has 2 rings (SSSR count). The van der Waals surface area contributed by atoms with Crippen molar-refractivity contribution in [3.63, 3.8) is 0 Å². The van der Waals surface area contributed by atoms with Crippen molar-refractivity contribution in [1.82, 2.24) is 0 Å². The first-order chi connectivity index (χ1) is 9.47. The van der Waals surface area contributed by atoms with E-state index >= 15 is 0 Å². The molecule has 0 radical (unpaired) electrons. The van der Waals surface area contributed by atoms with Crippen molar-refractivity contribution in [2.45, 2.75) is 6.92 Å². The van der Waals surface area contributed by atoms with Crippen LogP contribution in [0.2, 0.25) is 0 Å². The second-order valence-corrected chi connectivity index (χ2v) is 4.19. The fourth-order valence-corrected chi connectivity index (χ4v) is 1.61. The number of aryl methyl sites for hydroxylation is 1. The molecule has 0 spiro atoms. The Hall–Kier alpha value is -2.76. The summed E-state index contributed by atoms with van der Waals surface area (Å²) >= 11 is 0. The third-order valence-corrected chi connectivity index (χ3v) is 2.65. The monoisotopic (exact) mass is 273 g/mol. The van der Waals surface area contributed by atoms with Gasteiger partial charge in [0.1, 0.15) is 5.82 Å². The number of benzene rings is 2. The summed E-state index contributed by atoms with van der Waals surface area (Å²) in [4.78, 5) is 13.9. The minimum Gasteiger partial charge on any atom is -0.872 e. The Balaban J connectivity index is 2.38. The summed E-state index contributed by atoms with van der Waals surface area (Å²) in [6, 6.07) is 7.71. The average molecular weight is 273 g/mol. The maximum atomic E-state index is 13.5. The van der Waals surface area contributed by atoms with Gasteiger partial charge in [0.15, 0.2) is 0 Å². The molecule has 0 bridgehead atoms. The fourth-order valence-electron chi connectivity index (χ4n) is 1.61.